The van der Waals surface area contributed by atoms with Gasteiger partial charge in [0, 0.05) is 6.54 Å². The van der Waals surface area contributed by atoms with Gasteiger partial charge in [-0.1, -0.05) is 37.3 Å². The highest BCUT2D eigenvalue weighted by Crippen LogP contribution is 2.38. The number of alkyl halides is 6. The highest BCUT2D eigenvalue weighted by atomic mass is 19.4. The lowest BCUT2D eigenvalue weighted by Gasteiger charge is -2.38. The molecule has 0 aliphatic carbocycles. The van der Waals surface area contributed by atoms with E-state index in [1.54, 1.807) is 6.92 Å². The minimum absolute atomic E-state index is 0.0760. The molecule has 2 aromatic carbocycles. The molecule has 210 valence electrons. The number of nitrogens with one attached hydrogen (secondary N) is 3. The van der Waals surface area contributed by atoms with E-state index in [1.807, 2.05) is 51.1 Å². The normalized spacial score (nSPS) is 22.1. The summed E-state index contributed by atoms with van der Waals surface area (Å²) in [5.74, 6) is -0.203. The Hall–Kier alpha value is -2.63. The lowest BCUT2D eigenvalue weighted by molar-refractivity contribution is -0.143. The number of carbonyl (C=O) groups is 1. The van der Waals surface area contributed by atoms with Crippen LogP contribution in [0.2, 0.25) is 0 Å². The number of hydrogen-bond acceptors (Lipinski definition) is 4. The van der Waals surface area contributed by atoms with Gasteiger partial charge >= 0.3 is 12.4 Å². The van der Waals surface area contributed by atoms with Crippen molar-refractivity contribution in [2.45, 2.75) is 76.2 Å². The maximum Gasteiger partial charge on any atom is 0.416 e. The standard InChI is InChI=1S/C27H33F6N3O2/c1-6-25(19-10-8-7-9-11-19,34-15-24(5)22(37)35-23(3,4)36-24)16-38-17(2)18-12-20(26(28,29)30)14-21(13-18)27(31,32)33/h7-14,17,34,36H,6,15-16H2,1-5H3,(H,35,37)/t17-,24+,25-/m1/s1. The third-order valence-corrected chi connectivity index (χ3v) is 6.88. The van der Waals surface area contributed by atoms with Gasteiger partial charge in [0.25, 0.3) is 0 Å². The van der Waals surface area contributed by atoms with Crippen LogP contribution in [0.15, 0.2) is 48.5 Å². The van der Waals surface area contributed by atoms with Crippen LogP contribution in [0.4, 0.5) is 26.3 Å². The molecule has 1 amide bonds. The first-order valence-electron chi connectivity index (χ1n) is 12.2. The number of amides is 1. The van der Waals surface area contributed by atoms with E-state index < -0.39 is 46.3 Å². The number of carbonyl (C=O) groups excluding carboxylic acids is 1. The Balaban J connectivity index is 1.90. The minimum atomic E-state index is -4.95. The van der Waals surface area contributed by atoms with Crippen molar-refractivity contribution in [3.63, 3.8) is 0 Å². The van der Waals surface area contributed by atoms with Crippen molar-refractivity contribution in [1.29, 1.82) is 0 Å². The second kappa shape index (κ2) is 10.5. The molecule has 3 rings (SSSR count). The molecular weight excluding hydrogens is 512 g/mol. The van der Waals surface area contributed by atoms with Crippen LogP contribution in [-0.2, 0) is 27.4 Å². The van der Waals surface area contributed by atoms with Gasteiger partial charge in [-0.2, -0.15) is 26.3 Å². The molecule has 2 aromatic rings. The molecular formula is C27H33F6N3O2. The summed E-state index contributed by atoms with van der Waals surface area (Å²) in [5, 5.41) is 9.56. The molecule has 0 aromatic heterocycles. The monoisotopic (exact) mass is 545 g/mol. The number of halogens is 6. The van der Waals surface area contributed by atoms with Gasteiger partial charge in [0.1, 0.15) is 5.54 Å². The zero-order valence-electron chi connectivity index (χ0n) is 21.9. The second-order valence-electron chi connectivity index (χ2n) is 10.5. The lowest BCUT2D eigenvalue weighted by atomic mass is 9.86. The molecule has 0 spiro atoms. The van der Waals surface area contributed by atoms with Crippen LogP contribution in [0.5, 0.6) is 0 Å². The van der Waals surface area contributed by atoms with Gasteiger partial charge in [-0.05, 0) is 63.4 Å². The smallest absolute Gasteiger partial charge is 0.372 e. The molecule has 0 unspecified atom stereocenters. The number of ether oxygens (including phenoxy) is 1. The average Bonchev–Trinajstić information content (AvgIpc) is 3.04. The third kappa shape index (κ3) is 6.68. The van der Waals surface area contributed by atoms with Crippen molar-refractivity contribution < 1.29 is 35.9 Å². The number of hydrogen-bond donors (Lipinski definition) is 3. The zero-order valence-corrected chi connectivity index (χ0v) is 21.9. The minimum Gasteiger partial charge on any atom is -0.372 e. The van der Waals surface area contributed by atoms with E-state index >= 15 is 0 Å². The fourth-order valence-electron chi connectivity index (χ4n) is 4.67. The summed E-state index contributed by atoms with van der Waals surface area (Å²) in [6, 6.07) is 10.6. The van der Waals surface area contributed by atoms with Gasteiger partial charge in [0.15, 0.2) is 0 Å². The van der Waals surface area contributed by atoms with Gasteiger partial charge in [-0.3, -0.25) is 10.1 Å². The van der Waals surface area contributed by atoms with Crippen LogP contribution in [-0.4, -0.2) is 30.3 Å². The molecule has 0 bridgehead atoms. The summed E-state index contributed by atoms with van der Waals surface area (Å²) in [5.41, 5.74) is -4.70. The van der Waals surface area contributed by atoms with E-state index in [0.29, 0.717) is 18.6 Å². The van der Waals surface area contributed by atoms with Crippen LogP contribution in [0, 0.1) is 0 Å². The van der Waals surface area contributed by atoms with Gasteiger partial charge in [0.2, 0.25) is 5.91 Å². The molecule has 0 saturated carbocycles. The summed E-state index contributed by atoms with van der Waals surface area (Å²) >= 11 is 0. The fraction of sp³-hybridized carbons (Fsp3) is 0.519. The molecule has 11 heteroatoms. The van der Waals surface area contributed by atoms with Gasteiger partial charge in [0.05, 0.1) is 35.0 Å². The van der Waals surface area contributed by atoms with E-state index in [1.165, 1.54) is 6.92 Å². The first kappa shape index (κ1) is 29.9. The summed E-state index contributed by atoms with van der Waals surface area (Å²) < 4.78 is 86.2. The van der Waals surface area contributed by atoms with Crippen molar-refractivity contribution >= 4 is 5.91 Å². The van der Waals surface area contributed by atoms with E-state index in [0.717, 1.165) is 5.56 Å². The Morgan fingerprint density at radius 3 is 1.92 bits per heavy atom. The molecule has 1 aliphatic heterocycles. The molecule has 1 aliphatic rings. The quantitative estimate of drug-likeness (QED) is 0.343. The van der Waals surface area contributed by atoms with Crippen LogP contribution in [0.1, 0.15) is 69.4 Å². The zero-order chi connectivity index (χ0) is 28.6. The number of benzene rings is 2. The Labute approximate surface area is 218 Å². The number of rotatable bonds is 9. The molecule has 1 fully saturated rings. The topological polar surface area (TPSA) is 62.4 Å². The average molecular weight is 546 g/mol. The molecule has 3 N–H and O–H groups in total. The Kier molecular flexibility index (Phi) is 8.27. The predicted octanol–water partition coefficient (Wildman–Crippen LogP) is 5.91. The largest absolute Gasteiger partial charge is 0.416 e. The molecule has 38 heavy (non-hydrogen) atoms. The molecule has 3 atom stereocenters. The maximum atomic E-state index is 13.4. The Morgan fingerprint density at radius 2 is 1.47 bits per heavy atom. The Bertz CT molecular complexity index is 1100. The van der Waals surface area contributed by atoms with Crippen LogP contribution in [0.25, 0.3) is 0 Å². The van der Waals surface area contributed by atoms with Crippen molar-refractivity contribution in [3.8, 4) is 0 Å². The van der Waals surface area contributed by atoms with E-state index in [4.69, 9.17) is 4.74 Å². The van der Waals surface area contributed by atoms with E-state index in [-0.39, 0.29) is 30.7 Å². The predicted molar refractivity (Wildman–Crippen MR) is 131 cm³/mol. The summed E-state index contributed by atoms with van der Waals surface area (Å²) in [4.78, 5) is 12.7. The van der Waals surface area contributed by atoms with Crippen molar-refractivity contribution in [1.82, 2.24) is 16.0 Å². The third-order valence-electron chi connectivity index (χ3n) is 6.88. The van der Waals surface area contributed by atoms with Gasteiger partial charge in [-0.25, -0.2) is 0 Å². The highest BCUT2D eigenvalue weighted by molar-refractivity contribution is 5.89. The highest BCUT2D eigenvalue weighted by Gasteiger charge is 2.47. The molecule has 1 saturated heterocycles. The molecule has 0 radical (unpaired) electrons. The SMILES string of the molecule is CC[C@](CO[C@H](C)c1cc(C(F)(F)F)cc(C(F)(F)F)c1)(NC[C@]1(C)NC(C)(C)NC1=O)c1ccccc1. The van der Waals surface area contributed by atoms with Crippen molar-refractivity contribution in [3.05, 3.63) is 70.8 Å². The lowest BCUT2D eigenvalue weighted by Crippen LogP contribution is -2.59. The summed E-state index contributed by atoms with van der Waals surface area (Å²) in [7, 11) is 0. The van der Waals surface area contributed by atoms with E-state index in [2.05, 4.69) is 16.0 Å². The second-order valence-corrected chi connectivity index (χ2v) is 10.5. The van der Waals surface area contributed by atoms with E-state index in [9.17, 15) is 31.1 Å². The molecule has 5 nitrogen and oxygen atoms in total. The Morgan fingerprint density at radius 1 is 0.921 bits per heavy atom. The van der Waals surface area contributed by atoms with Crippen LogP contribution < -0.4 is 16.0 Å². The first-order chi connectivity index (χ1) is 17.4. The van der Waals surface area contributed by atoms with Crippen molar-refractivity contribution in [2.75, 3.05) is 13.2 Å². The van der Waals surface area contributed by atoms with Gasteiger partial charge in [-0.15, -0.1) is 0 Å². The fourth-order valence-corrected chi connectivity index (χ4v) is 4.67. The van der Waals surface area contributed by atoms with Crippen LogP contribution in [0.3, 0.4) is 0 Å². The summed E-state index contributed by atoms with van der Waals surface area (Å²) in [6.45, 7) is 8.81. The first-order valence-corrected chi connectivity index (χ1v) is 12.2. The molecule has 1 heterocycles. The van der Waals surface area contributed by atoms with Crippen molar-refractivity contribution in [2.24, 2.45) is 0 Å². The van der Waals surface area contributed by atoms with Crippen LogP contribution >= 0.6 is 0 Å². The van der Waals surface area contributed by atoms with Gasteiger partial charge < -0.3 is 15.4 Å². The maximum absolute atomic E-state index is 13.4. The summed E-state index contributed by atoms with van der Waals surface area (Å²) in [6.07, 6.45) is -10.5.